The molecule has 0 spiro atoms. The lowest BCUT2D eigenvalue weighted by Gasteiger charge is -2.43. The fourth-order valence-electron chi connectivity index (χ4n) is 4.97. The highest BCUT2D eigenvalue weighted by Crippen LogP contribution is 2.45. The smallest absolute Gasteiger partial charge is 0.308 e. The summed E-state index contributed by atoms with van der Waals surface area (Å²) in [5.74, 6) is -0.877. The molecule has 7 atom stereocenters. The van der Waals surface area contributed by atoms with Crippen LogP contribution in [-0.2, 0) is 23.9 Å². The maximum absolute atomic E-state index is 12.7. The molecule has 0 aromatic carbocycles. The van der Waals surface area contributed by atoms with E-state index in [0.717, 1.165) is 17.6 Å². The summed E-state index contributed by atoms with van der Waals surface area (Å²) >= 11 is 0. The Morgan fingerprint density at radius 1 is 1.27 bits per heavy atom. The number of aliphatic hydroxyl groups is 1. The third-order valence-corrected chi connectivity index (χ3v) is 6.92. The van der Waals surface area contributed by atoms with Crippen LogP contribution in [0.15, 0.2) is 23.3 Å². The topological polar surface area (TPSA) is 89.9 Å². The number of carbonyl (C=O) groups excluding carboxylic acids is 3. The van der Waals surface area contributed by atoms with E-state index in [4.69, 9.17) is 9.47 Å². The number of carbonyl (C=O) groups is 3. The molecule has 1 aliphatic heterocycles. The molecule has 0 saturated carbocycles. The molecule has 0 aromatic rings. The summed E-state index contributed by atoms with van der Waals surface area (Å²) in [6.07, 6.45) is 5.60. The normalized spacial score (nSPS) is 35.0. The molecule has 2 aliphatic carbocycles. The zero-order valence-electron chi connectivity index (χ0n) is 18.4. The van der Waals surface area contributed by atoms with E-state index in [9.17, 15) is 19.5 Å². The first-order valence-electron chi connectivity index (χ1n) is 11.2. The van der Waals surface area contributed by atoms with Crippen molar-refractivity contribution in [2.45, 2.75) is 84.5 Å². The lowest BCUT2D eigenvalue weighted by atomic mass is 9.64. The summed E-state index contributed by atoms with van der Waals surface area (Å²) in [5, 5.41) is 9.88. The second-order valence-corrected chi connectivity index (χ2v) is 9.29. The van der Waals surface area contributed by atoms with Gasteiger partial charge >= 0.3 is 11.9 Å². The monoisotopic (exact) mass is 418 g/mol. The zero-order valence-corrected chi connectivity index (χ0v) is 18.4. The van der Waals surface area contributed by atoms with Gasteiger partial charge < -0.3 is 14.6 Å². The van der Waals surface area contributed by atoms with Crippen molar-refractivity contribution in [2.75, 3.05) is 0 Å². The molecule has 1 saturated heterocycles. The van der Waals surface area contributed by atoms with E-state index in [-0.39, 0.29) is 60.0 Å². The number of rotatable bonds is 6. The average molecular weight is 419 g/mol. The molecule has 6 nitrogen and oxygen atoms in total. The molecular formula is C24H34O6. The van der Waals surface area contributed by atoms with E-state index in [1.165, 1.54) is 0 Å². The summed E-state index contributed by atoms with van der Waals surface area (Å²) < 4.78 is 11.4. The number of ether oxygens (including phenoxy) is 2. The Morgan fingerprint density at radius 3 is 2.67 bits per heavy atom. The van der Waals surface area contributed by atoms with Crippen LogP contribution in [-0.4, -0.2) is 41.1 Å². The molecule has 1 fully saturated rings. The van der Waals surface area contributed by atoms with Crippen molar-refractivity contribution >= 4 is 17.7 Å². The van der Waals surface area contributed by atoms with E-state index in [2.05, 4.69) is 6.08 Å². The number of fused-ring (bicyclic) bond motifs is 1. The van der Waals surface area contributed by atoms with Gasteiger partial charge in [-0.05, 0) is 43.8 Å². The van der Waals surface area contributed by atoms with Crippen molar-refractivity contribution < 1.29 is 29.0 Å². The highest BCUT2D eigenvalue weighted by molar-refractivity contribution is 5.94. The van der Waals surface area contributed by atoms with E-state index in [1.54, 1.807) is 6.08 Å². The van der Waals surface area contributed by atoms with E-state index in [1.807, 2.05) is 27.7 Å². The van der Waals surface area contributed by atoms with Gasteiger partial charge in [-0.25, -0.2) is 0 Å². The minimum absolute atomic E-state index is 0.00523. The molecule has 1 heterocycles. The number of cyclic esters (lactones) is 1. The highest BCUT2D eigenvalue weighted by Gasteiger charge is 2.44. The predicted molar refractivity (Wildman–Crippen MR) is 111 cm³/mol. The third kappa shape index (κ3) is 5.02. The van der Waals surface area contributed by atoms with Gasteiger partial charge in [0.2, 0.25) is 0 Å². The molecule has 0 radical (unpaired) electrons. The summed E-state index contributed by atoms with van der Waals surface area (Å²) in [6.45, 7) is 7.77. The van der Waals surface area contributed by atoms with Crippen LogP contribution in [0.2, 0.25) is 0 Å². The van der Waals surface area contributed by atoms with Gasteiger partial charge in [-0.1, -0.05) is 32.4 Å². The minimum atomic E-state index is -0.665. The van der Waals surface area contributed by atoms with Gasteiger partial charge in [0.25, 0.3) is 0 Å². The molecule has 3 aliphatic rings. The molecule has 0 aromatic heterocycles. The Kier molecular flexibility index (Phi) is 7.17. The van der Waals surface area contributed by atoms with Crippen molar-refractivity contribution in [1.82, 2.24) is 0 Å². The standard InChI is InChI=1S/C24H34O6/c1-5-14(3)24(28)30-21-9-13(2)8-16-10-20(26)15(4)19(23(16)21)7-6-18-11-17(25)12-22(27)29-18/h8,10,14-15,17-19,21,23,25H,5-7,9,11-12H2,1-4H3/t14?,15-,17+,18+,19+,21-,23-/m0/s1. The lowest BCUT2D eigenvalue weighted by Crippen LogP contribution is -2.43. The van der Waals surface area contributed by atoms with Crippen molar-refractivity contribution in [1.29, 1.82) is 0 Å². The van der Waals surface area contributed by atoms with Gasteiger partial charge in [0.1, 0.15) is 12.2 Å². The number of hydrogen-bond acceptors (Lipinski definition) is 6. The van der Waals surface area contributed by atoms with Crippen LogP contribution in [0.1, 0.15) is 66.2 Å². The van der Waals surface area contributed by atoms with Crippen molar-refractivity contribution in [3.63, 3.8) is 0 Å². The molecule has 6 heteroatoms. The number of aliphatic hydroxyl groups excluding tert-OH is 1. The summed E-state index contributed by atoms with van der Waals surface area (Å²) in [5.41, 5.74) is 2.04. The summed E-state index contributed by atoms with van der Waals surface area (Å²) in [6, 6.07) is 0. The van der Waals surface area contributed by atoms with E-state index in [0.29, 0.717) is 25.7 Å². The van der Waals surface area contributed by atoms with Crippen LogP contribution < -0.4 is 0 Å². The molecule has 1 unspecified atom stereocenters. The molecular weight excluding hydrogens is 384 g/mol. The fraction of sp³-hybridized carbons (Fsp3) is 0.708. The van der Waals surface area contributed by atoms with Gasteiger partial charge in [-0.3, -0.25) is 14.4 Å². The van der Waals surface area contributed by atoms with Crippen LogP contribution in [0.4, 0.5) is 0 Å². The Balaban J connectivity index is 1.80. The quantitative estimate of drug-likeness (QED) is 0.664. The van der Waals surface area contributed by atoms with Crippen LogP contribution in [0.5, 0.6) is 0 Å². The van der Waals surface area contributed by atoms with Crippen molar-refractivity contribution in [3.05, 3.63) is 23.3 Å². The van der Waals surface area contributed by atoms with Gasteiger partial charge in [0, 0.05) is 24.7 Å². The Morgan fingerprint density at radius 2 is 2.00 bits per heavy atom. The summed E-state index contributed by atoms with van der Waals surface area (Å²) in [7, 11) is 0. The SMILES string of the molecule is CCC(C)C(=O)O[C@H]1CC(C)=CC2=CC(=O)[C@@H](C)[C@@H](CC[C@@H]3C[C@@H](O)CC(=O)O3)[C@H]21. The van der Waals surface area contributed by atoms with Gasteiger partial charge in [-0.15, -0.1) is 0 Å². The van der Waals surface area contributed by atoms with E-state index < -0.39 is 6.10 Å². The fourth-order valence-corrected chi connectivity index (χ4v) is 4.97. The maximum atomic E-state index is 12.7. The first-order chi connectivity index (χ1) is 14.2. The largest absolute Gasteiger partial charge is 0.462 e. The van der Waals surface area contributed by atoms with Crippen LogP contribution in [0.3, 0.4) is 0 Å². The maximum Gasteiger partial charge on any atom is 0.308 e. The highest BCUT2D eigenvalue weighted by atomic mass is 16.5. The Hall–Kier alpha value is -1.95. The number of allylic oxidation sites excluding steroid dienone is 2. The van der Waals surface area contributed by atoms with Crippen molar-refractivity contribution in [2.24, 2.45) is 23.7 Å². The molecule has 166 valence electrons. The third-order valence-electron chi connectivity index (χ3n) is 6.92. The number of esters is 2. The second kappa shape index (κ2) is 9.46. The molecule has 30 heavy (non-hydrogen) atoms. The first kappa shape index (κ1) is 22.7. The van der Waals surface area contributed by atoms with E-state index >= 15 is 0 Å². The minimum Gasteiger partial charge on any atom is -0.462 e. The molecule has 0 amide bonds. The van der Waals surface area contributed by atoms with Gasteiger partial charge in [-0.2, -0.15) is 0 Å². The average Bonchev–Trinajstić information content (AvgIpc) is 2.67. The second-order valence-electron chi connectivity index (χ2n) is 9.29. The lowest BCUT2D eigenvalue weighted by molar-refractivity contribution is -0.162. The molecule has 0 bridgehead atoms. The first-order valence-corrected chi connectivity index (χ1v) is 11.2. The van der Waals surface area contributed by atoms with Gasteiger partial charge in [0.15, 0.2) is 5.78 Å². The Bertz CT molecular complexity index is 751. The van der Waals surface area contributed by atoms with Crippen LogP contribution >= 0.6 is 0 Å². The molecule has 1 N–H and O–H groups in total. The van der Waals surface area contributed by atoms with Crippen LogP contribution in [0, 0.1) is 23.7 Å². The predicted octanol–water partition coefficient (Wildman–Crippen LogP) is 3.52. The Labute approximate surface area is 178 Å². The molecule has 3 rings (SSSR count). The van der Waals surface area contributed by atoms with Crippen molar-refractivity contribution in [3.8, 4) is 0 Å². The number of ketones is 1. The van der Waals surface area contributed by atoms with Crippen LogP contribution in [0.25, 0.3) is 0 Å². The summed E-state index contributed by atoms with van der Waals surface area (Å²) in [4.78, 5) is 36.9. The zero-order chi connectivity index (χ0) is 22.0. The number of hydrogen-bond donors (Lipinski definition) is 1. The van der Waals surface area contributed by atoms with Gasteiger partial charge in [0.05, 0.1) is 18.4 Å².